The van der Waals surface area contributed by atoms with Crippen molar-refractivity contribution in [3.8, 4) is 11.8 Å². The van der Waals surface area contributed by atoms with Crippen LogP contribution >= 0.6 is 0 Å². The molecule has 0 spiro atoms. The fraction of sp³-hybridized carbons (Fsp3) is 0.0870. The van der Waals surface area contributed by atoms with Crippen molar-refractivity contribution in [3.05, 3.63) is 93.8 Å². The van der Waals surface area contributed by atoms with Crippen LogP contribution in [0.25, 0.3) is 10.9 Å². The summed E-state index contributed by atoms with van der Waals surface area (Å²) >= 11 is 0. The van der Waals surface area contributed by atoms with Gasteiger partial charge in [0, 0.05) is 23.3 Å². The second kappa shape index (κ2) is 9.23. The summed E-state index contributed by atoms with van der Waals surface area (Å²) in [7, 11) is 0. The number of nitrogens with one attached hydrogen (secondary N) is 1. The van der Waals surface area contributed by atoms with Gasteiger partial charge >= 0.3 is 0 Å². The van der Waals surface area contributed by atoms with Gasteiger partial charge in [-0.2, -0.15) is 0 Å². The number of hydrogen-bond donors (Lipinski definition) is 2. The van der Waals surface area contributed by atoms with Crippen molar-refractivity contribution >= 4 is 22.8 Å². The van der Waals surface area contributed by atoms with Crippen LogP contribution in [0.5, 0.6) is 0 Å². The van der Waals surface area contributed by atoms with Gasteiger partial charge in [0.2, 0.25) is 5.95 Å². The van der Waals surface area contributed by atoms with Gasteiger partial charge in [-0.05, 0) is 35.9 Å². The number of fused-ring (bicyclic) bond motifs is 1. The molecule has 0 atom stereocenters. The standard InChI is InChI=1S/C23H16F2N6O2/c24-18-5-3-15(9-19(18)25)12-31-13-27-11-17(22(31)33)21(32)28-7-1-2-14-4-6-20-16(8-14)10-29-23(26)30-20/h3-6,8-11,13H,7,12H2,(H,28,32)(H2,26,29,30). The number of halogens is 2. The second-order valence-corrected chi connectivity index (χ2v) is 6.98. The van der Waals surface area contributed by atoms with Gasteiger partial charge in [-0.1, -0.05) is 17.9 Å². The molecule has 0 aliphatic carbocycles. The lowest BCUT2D eigenvalue weighted by atomic mass is 10.1. The van der Waals surface area contributed by atoms with E-state index in [2.05, 4.69) is 32.1 Å². The zero-order valence-electron chi connectivity index (χ0n) is 17.0. The Balaban J connectivity index is 1.43. The van der Waals surface area contributed by atoms with E-state index in [1.165, 1.54) is 12.4 Å². The maximum Gasteiger partial charge on any atom is 0.266 e. The van der Waals surface area contributed by atoms with Crippen LogP contribution in [-0.4, -0.2) is 32.0 Å². The molecule has 3 N–H and O–H groups in total. The van der Waals surface area contributed by atoms with E-state index in [0.717, 1.165) is 28.3 Å². The highest BCUT2D eigenvalue weighted by molar-refractivity contribution is 5.93. The third-order valence-corrected chi connectivity index (χ3v) is 4.65. The van der Waals surface area contributed by atoms with Crippen molar-refractivity contribution in [2.45, 2.75) is 6.54 Å². The number of benzene rings is 2. The molecule has 4 rings (SSSR count). The number of aromatic nitrogens is 4. The van der Waals surface area contributed by atoms with E-state index in [4.69, 9.17) is 5.73 Å². The van der Waals surface area contributed by atoms with E-state index in [0.29, 0.717) is 16.6 Å². The van der Waals surface area contributed by atoms with Crippen molar-refractivity contribution in [2.75, 3.05) is 12.3 Å². The van der Waals surface area contributed by atoms with Crippen LogP contribution in [0, 0.1) is 23.5 Å². The molecule has 0 saturated carbocycles. The lowest BCUT2D eigenvalue weighted by Gasteiger charge is -2.08. The minimum absolute atomic E-state index is 0.00733. The SMILES string of the molecule is Nc1ncc2cc(C#CCNC(=O)c3cncn(Cc4ccc(F)c(F)c4)c3=O)ccc2n1. The number of anilines is 1. The summed E-state index contributed by atoms with van der Waals surface area (Å²) in [4.78, 5) is 37.0. The molecule has 0 unspecified atom stereocenters. The van der Waals surface area contributed by atoms with Crippen molar-refractivity contribution < 1.29 is 13.6 Å². The Morgan fingerprint density at radius 1 is 1.12 bits per heavy atom. The number of amides is 1. The normalized spacial score (nSPS) is 10.5. The Hall–Kier alpha value is -4.65. The molecular formula is C23H16F2N6O2. The number of rotatable bonds is 4. The molecular weight excluding hydrogens is 430 g/mol. The number of nitrogen functional groups attached to an aromatic ring is 1. The van der Waals surface area contributed by atoms with E-state index in [-0.39, 0.29) is 24.6 Å². The maximum absolute atomic E-state index is 13.4. The summed E-state index contributed by atoms with van der Waals surface area (Å²) in [6, 6.07) is 8.62. The Labute approximate surface area is 186 Å². The minimum Gasteiger partial charge on any atom is -0.368 e. The molecule has 0 saturated heterocycles. The van der Waals surface area contributed by atoms with Crippen molar-refractivity contribution in [1.29, 1.82) is 0 Å². The van der Waals surface area contributed by atoms with Gasteiger partial charge in [0.15, 0.2) is 11.6 Å². The Bertz CT molecular complexity index is 1490. The molecule has 0 aliphatic heterocycles. The van der Waals surface area contributed by atoms with Gasteiger partial charge in [0.1, 0.15) is 5.56 Å². The predicted molar refractivity (Wildman–Crippen MR) is 117 cm³/mol. The molecule has 0 fully saturated rings. The first-order valence-electron chi connectivity index (χ1n) is 9.68. The zero-order valence-corrected chi connectivity index (χ0v) is 17.0. The second-order valence-electron chi connectivity index (χ2n) is 6.98. The zero-order chi connectivity index (χ0) is 23.4. The molecule has 2 aromatic carbocycles. The van der Waals surface area contributed by atoms with Crippen LogP contribution in [0.2, 0.25) is 0 Å². The monoisotopic (exact) mass is 446 g/mol. The van der Waals surface area contributed by atoms with Gasteiger partial charge in [-0.15, -0.1) is 0 Å². The molecule has 0 aliphatic rings. The number of nitrogens with zero attached hydrogens (tertiary/aromatic N) is 4. The molecule has 10 heteroatoms. The summed E-state index contributed by atoms with van der Waals surface area (Å²) in [6.07, 6.45) is 3.96. The molecule has 8 nitrogen and oxygen atoms in total. The highest BCUT2D eigenvalue weighted by atomic mass is 19.2. The predicted octanol–water partition coefficient (Wildman–Crippen LogP) is 1.88. The molecule has 2 heterocycles. The van der Waals surface area contributed by atoms with Gasteiger partial charge < -0.3 is 11.1 Å². The van der Waals surface area contributed by atoms with Crippen molar-refractivity contribution in [2.24, 2.45) is 0 Å². The summed E-state index contributed by atoms with van der Waals surface area (Å²) < 4.78 is 27.6. The maximum atomic E-state index is 13.4. The first-order chi connectivity index (χ1) is 15.9. The van der Waals surface area contributed by atoms with Crippen LogP contribution in [-0.2, 0) is 6.54 Å². The van der Waals surface area contributed by atoms with Crippen molar-refractivity contribution in [3.63, 3.8) is 0 Å². The van der Waals surface area contributed by atoms with Gasteiger partial charge in [0.25, 0.3) is 11.5 Å². The largest absolute Gasteiger partial charge is 0.368 e. The lowest BCUT2D eigenvalue weighted by molar-refractivity contribution is 0.0956. The molecule has 0 radical (unpaired) electrons. The average Bonchev–Trinajstić information content (AvgIpc) is 2.80. The van der Waals surface area contributed by atoms with Crippen LogP contribution in [0.1, 0.15) is 21.5 Å². The summed E-state index contributed by atoms with van der Waals surface area (Å²) in [5.41, 5.74) is 6.49. The molecule has 1 amide bonds. The van der Waals surface area contributed by atoms with Crippen LogP contribution < -0.4 is 16.6 Å². The Kier molecular flexibility index (Phi) is 6.04. The first-order valence-corrected chi connectivity index (χ1v) is 9.68. The number of hydrogen-bond acceptors (Lipinski definition) is 6. The number of carbonyl (C=O) groups excluding carboxylic acids is 1. The molecule has 4 aromatic rings. The minimum atomic E-state index is -1.02. The van der Waals surface area contributed by atoms with Crippen LogP contribution in [0.4, 0.5) is 14.7 Å². The summed E-state index contributed by atoms with van der Waals surface area (Å²) in [5.74, 6) is 3.24. The van der Waals surface area contributed by atoms with Crippen molar-refractivity contribution in [1.82, 2.24) is 24.8 Å². The van der Waals surface area contributed by atoms with Crippen LogP contribution in [0.15, 0.2) is 59.9 Å². The van der Waals surface area contributed by atoms with Gasteiger partial charge in [-0.3, -0.25) is 14.2 Å². The lowest BCUT2D eigenvalue weighted by Crippen LogP contribution is -2.33. The highest BCUT2D eigenvalue weighted by Gasteiger charge is 2.13. The molecule has 0 bridgehead atoms. The first kappa shape index (κ1) is 21.6. The fourth-order valence-electron chi connectivity index (χ4n) is 3.05. The van der Waals surface area contributed by atoms with Crippen LogP contribution in [0.3, 0.4) is 0 Å². The third-order valence-electron chi connectivity index (χ3n) is 4.65. The van der Waals surface area contributed by atoms with E-state index >= 15 is 0 Å². The van der Waals surface area contributed by atoms with Gasteiger partial charge in [-0.25, -0.2) is 23.7 Å². The smallest absolute Gasteiger partial charge is 0.266 e. The quantitative estimate of drug-likeness (QED) is 0.463. The Morgan fingerprint density at radius 2 is 1.97 bits per heavy atom. The van der Waals surface area contributed by atoms with E-state index < -0.39 is 23.1 Å². The molecule has 164 valence electrons. The highest BCUT2D eigenvalue weighted by Crippen LogP contribution is 2.13. The van der Waals surface area contributed by atoms with E-state index in [9.17, 15) is 18.4 Å². The van der Waals surface area contributed by atoms with Gasteiger partial charge in [0.05, 0.1) is 24.9 Å². The van der Waals surface area contributed by atoms with E-state index in [1.807, 2.05) is 0 Å². The number of carbonyl (C=O) groups is 1. The molecule has 33 heavy (non-hydrogen) atoms. The summed E-state index contributed by atoms with van der Waals surface area (Å²) in [6.45, 7) is -0.0755. The number of nitrogens with two attached hydrogens (primary N) is 1. The molecule has 2 aromatic heterocycles. The third kappa shape index (κ3) is 4.99. The average molecular weight is 446 g/mol. The fourth-order valence-corrected chi connectivity index (χ4v) is 3.05. The Morgan fingerprint density at radius 3 is 2.79 bits per heavy atom. The summed E-state index contributed by atoms with van der Waals surface area (Å²) in [5, 5.41) is 3.32. The topological polar surface area (TPSA) is 116 Å². The van der Waals surface area contributed by atoms with E-state index in [1.54, 1.807) is 24.4 Å².